The van der Waals surface area contributed by atoms with Crippen LogP contribution in [0.25, 0.3) is 10.9 Å². The van der Waals surface area contributed by atoms with Crippen molar-refractivity contribution in [3.8, 4) is 5.75 Å². The molecule has 10 heteroatoms. The van der Waals surface area contributed by atoms with Crippen molar-refractivity contribution in [3.05, 3.63) is 63.3 Å². The Morgan fingerprint density at radius 3 is 2.57 bits per heavy atom. The summed E-state index contributed by atoms with van der Waals surface area (Å²) in [4.78, 5) is 17.1. The number of hydrogen-bond acceptors (Lipinski definition) is 5. The van der Waals surface area contributed by atoms with Gasteiger partial charge in [0.1, 0.15) is 5.52 Å². The van der Waals surface area contributed by atoms with E-state index in [1.54, 1.807) is 37.3 Å². The number of carbonyl (C=O) groups is 1. The molecule has 1 amide bonds. The number of rotatable bonds is 5. The standard InChI is InChI=1S/C20H19Cl2N3O4S/c1-11-16(20(27)24-10-12-6-7-14(21)15(22)9-12)19(26)17-13(5-4-8-23-17)18(11)25(2)30(3,28)29/h4-9,26H,10H2,1-3H3,(H,24,27). The number of anilines is 1. The largest absolute Gasteiger partial charge is 0.505 e. The number of aromatic hydroxyl groups is 1. The molecule has 3 aromatic rings. The van der Waals surface area contributed by atoms with Gasteiger partial charge >= 0.3 is 0 Å². The fourth-order valence-corrected chi connectivity index (χ4v) is 4.06. The quantitative estimate of drug-likeness (QED) is 0.592. The first-order valence-corrected chi connectivity index (χ1v) is 11.4. The van der Waals surface area contributed by atoms with Gasteiger partial charge in [0.25, 0.3) is 5.91 Å². The number of amides is 1. The fraction of sp³-hybridized carbons (Fsp3) is 0.200. The fourth-order valence-electron chi connectivity index (χ4n) is 3.17. The Morgan fingerprint density at radius 1 is 1.23 bits per heavy atom. The van der Waals surface area contributed by atoms with Crippen molar-refractivity contribution < 1.29 is 18.3 Å². The molecule has 0 fully saturated rings. The van der Waals surface area contributed by atoms with E-state index in [9.17, 15) is 18.3 Å². The molecule has 0 bridgehead atoms. The van der Waals surface area contributed by atoms with Crippen molar-refractivity contribution in [2.45, 2.75) is 13.5 Å². The van der Waals surface area contributed by atoms with Gasteiger partial charge in [-0.25, -0.2) is 8.42 Å². The topological polar surface area (TPSA) is 99.6 Å². The minimum absolute atomic E-state index is 0.0493. The zero-order chi connectivity index (χ0) is 22.2. The number of hydrogen-bond donors (Lipinski definition) is 2. The Hall–Kier alpha value is -2.55. The van der Waals surface area contributed by atoms with Gasteiger partial charge in [-0.15, -0.1) is 0 Å². The number of nitrogens with zero attached hydrogens (tertiary/aromatic N) is 2. The SMILES string of the molecule is Cc1c(C(=O)NCc2ccc(Cl)c(Cl)c2)c(O)c2ncccc2c1N(C)S(C)(=O)=O. The minimum atomic E-state index is -3.62. The number of phenols is 1. The van der Waals surface area contributed by atoms with E-state index in [0.717, 1.165) is 10.6 Å². The van der Waals surface area contributed by atoms with Crippen LogP contribution in [0.1, 0.15) is 21.5 Å². The highest BCUT2D eigenvalue weighted by atomic mass is 35.5. The van der Waals surface area contributed by atoms with E-state index >= 15 is 0 Å². The molecule has 0 saturated carbocycles. The number of carbonyl (C=O) groups excluding carboxylic acids is 1. The van der Waals surface area contributed by atoms with Gasteiger partial charge in [-0.1, -0.05) is 29.3 Å². The average Bonchev–Trinajstić information content (AvgIpc) is 2.68. The van der Waals surface area contributed by atoms with E-state index < -0.39 is 15.9 Å². The molecule has 0 atom stereocenters. The number of phenolic OH excluding ortho intramolecular Hbond substituents is 1. The third-order valence-corrected chi connectivity index (χ3v) is 6.65. The lowest BCUT2D eigenvalue weighted by Gasteiger charge is -2.23. The summed E-state index contributed by atoms with van der Waals surface area (Å²) >= 11 is 11.9. The van der Waals surface area contributed by atoms with E-state index in [1.165, 1.54) is 13.2 Å². The average molecular weight is 468 g/mol. The Morgan fingerprint density at radius 2 is 1.93 bits per heavy atom. The maximum absolute atomic E-state index is 13.0. The monoisotopic (exact) mass is 467 g/mol. The molecule has 0 aliphatic heterocycles. The van der Waals surface area contributed by atoms with Crippen LogP contribution >= 0.6 is 23.2 Å². The summed E-state index contributed by atoms with van der Waals surface area (Å²) < 4.78 is 25.4. The summed E-state index contributed by atoms with van der Waals surface area (Å²) in [7, 11) is -2.24. The Balaban J connectivity index is 2.08. The first kappa shape index (κ1) is 22.1. The summed E-state index contributed by atoms with van der Waals surface area (Å²) in [6, 6.07) is 8.23. The molecule has 3 rings (SSSR count). The van der Waals surface area contributed by atoms with Gasteiger partial charge in [0, 0.05) is 25.2 Å². The molecular weight excluding hydrogens is 449 g/mol. The molecule has 0 saturated heterocycles. The number of halogens is 2. The van der Waals surface area contributed by atoms with Crippen LogP contribution in [0.15, 0.2) is 36.5 Å². The van der Waals surface area contributed by atoms with Gasteiger partial charge < -0.3 is 10.4 Å². The summed E-state index contributed by atoms with van der Waals surface area (Å²) in [6.45, 7) is 1.71. The molecule has 158 valence electrons. The third kappa shape index (κ3) is 4.16. The molecule has 1 heterocycles. The highest BCUT2D eigenvalue weighted by Crippen LogP contribution is 2.39. The van der Waals surface area contributed by atoms with E-state index in [1.807, 2.05) is 0 Å². The highest BCUT2D eigenvalue weighted by molar-refractivity contribution is 7.92. The Labute approximate surface area is 184 Å². The van der Waals surface area contributed by atoms with Crippen molar-refractivity contribution in [2.24, 2.45) is 0 Å². The number of aromatic nitrogens is 1. The van der Waals surface area contributed by atoms with Gasteiger partial charge in [0.05, 0.1) is 27.6 Å². The van der Waals surface area contributed by atoms with Crippen molar-refractivity contribution in [2.75, 3.05) is 17.6 Å². The van der Waals surface area contributed by atoms with Crippen molar-refractivity contribution in [1.29, 1.82) is 0 Å². The van der Waals surface area contributed by atoms with Crippen LogP contribution in [0.5, 0.6) is 5.75 Å². The lowest BCUT2D eigenvalue weighted by Crippen LogP contribution is -2.28. The highest BCUT2D eigenvalue weighted by Gasteiger charge is 2.26. The van der Waals surface area contributed by atoms with Crippen LogP contribution in [0.2, 0.25) is 10.0 Å². The predicted molar refractivity (Wildman–Crippen MR) is 119 cm³/mol. The van der Waals surface area contributed by atoms with Gasteiger partial charge in [0.2, 0.25) is 10.0 Å². The van der Waals surface area contributed by atoms with E-state index in [2.05, 4.69) is 10.3 Å². The summed E-state index contributed by atoms with van der Waals surface area (Å²) in [5, 5.41) is 14.6. The van der Waals surface area contributed by atoms with Crippen LogP contribution in [-0.2, 0) is 16.6 Å². The number of fused-ring (bicyclic) bond motifs is 1. The number of pyridine rings is 1. The molecule has 0 aliphatic carbocycles. The molecular formula is C20H19Cl2N3O4S. The van der Waals surface area contributed by atoms with Crippen LogP contribution in [0.3, 0.4) is 0 Å². The second-order valence-electron chi connectivity index (χ2n) is 6.76. The lowest BCUT2D eigenvalue weighted by molar-refractivity contribution is 0.0948. The minimum Gasteiger partial charge on any atom is -0.505 e. The van der Waals surface area contributed by atoms with Crippen molar-refractivity contribution in [3.63, 3.8) is 0 Å². The molecule has 0 aliphatic rings. The molecule has 2 N–H and O–H groups in total. The van der Waals surface area contributed by atoms with Crippen LogP contribution in [0.4, 0.5) is 5.69 Å². The Kier molecular flexibility index (Phi) is 6.12. The molecule has 0 radical (unpaired) electrons. The molecule has 2 aromatic carbocycles. The van der Waals surface area contributed by atoms with E-state index in [4.69, 9.17) is 23.2 Å². The van der Waals surface area contributed by atoms with Crippen LogP contribution < -0.4 is 9.62 Å². The van der Waals surface area contributed by atoms with Gasteiger partial charge in [-0.3, -0.25) is 14.1 Å². The molecule has 30 heavy (non-hydrogen) atoms. The lowest BCUT2D eigenvalue weighted by atomic mass is 9.99. The zero-order valence-electron chi connectivity index (χ0n) is 16.4. The molecule has 7 nitrogen and oxygen atoms in total. The maximum Gasteiger partial charge on any atom is 0.255 e. The van der Waals surface area contributed by atoms with Crippen LogP contribution in [0, 0.1) is 6.92 Å². The summed E-state index contributed by atoms with van der Waals surface area (Å²) in [5.41, 5.74) is 1.38. The summed E-state index contributed by atoms with van der Waals surface area (Å²) in [6.07, 6.45) is 2.52. The second-order valence-corrected chi connectivity index (χ2v) is 9.59. The normalized spacial score (nSPS) is 11.5. The zero-order valence-corrected chi connectivity index (χ0v) is 18.7. The van der Waals surface area contributed by atoms with Gasteiger partial charge in [-0.05, 0) is 42.3 Å². The van der Waals surface area contributed by atoms with Crippen molar-refractivity contribution in [1.82, 2.24) is 10.3 Å². The maximum atomic E-state index is 13.0. The first-order valence-electron chi connectivity index (χ1n) is 8.78. The van der Waals surface area contributed by atoms with E-state index in [-0.39, 0.29) is 29.1 Å². The van der Waals surface area contributed by atoms with Crippen molar-refractivity contribution >= 4 is 55.7 Å². The smallest absolute Gasteiger partial charge is 0.255 e. The number of benzene rings is 2. The molecule has 1 aromatic heterocycles. The summed E-state index contributed by atoms with van der Waals surface area (Å²) in [5.74, 6) is -0.896. The van der Waals surface area contributed by atoms with E-state index in [0.29, 0.717) is 26.6 Å². The van der Waals surface area contributed by atoms with Gasteiger partial charge in [-0.2, -0.15) is 0 Å². The van der Waals surface area contributed by atoms with Crippen LogP contribution in [-0.4, -0.2) is 37.7 Å². The van der Waals surface area contributed by atoms with Gasteiger partial charge in [0.15, 0.2) is 5.75 Å². The Bertz CT molecular complexity index is 1260. The third-order valence-electron chi connectivity index (χ3n) is 4.73. The number of nitrogens with one attached hydrogen (secondary N) is 1. The number of sulfonamides is 1. The first-order chi connectivity index (χ1) is 14.0. The molecule has 0 spiro atoms. The molecule has 0 unspecified atom stereocenters. The predicted octanol–water partition coefficient (Wildman–Crippen LogP) is 3.88. The second kappa shape index (κ2) is 8.29.